The maximum absolute atomic E-state index is 9.48. The average Bonchev–Trinajstić information content (AvgIpc) is 3.23. The van der Waals surface area contributed by atoms with Gasteiger partial charge in [0.05, 0.1) is 12.1 Å². The molecular weight excluding hydrogens is 338 g/mol. The zero-order valence-corrected chi connectivity index (χ0v) is 15.9. The molecule has 4 N–H and O–H groups in total. The standard InChI is InChI=1S/C21H25N5O/c1-12(2)19(11-27)23-10-14-4-5-17-15(8-14)9-18(26-17)16-6-7-22-21-20(16)24-13(3)25-21/h4-9,12,19,23,26-27H,10-11H2,1-3H3,(H,22,24,25)/t19-/m0/s1. The number of H-pyrrole nitrogens is 2. The van der Waals surface area contributed by atoms with Gasteiger partial charge in [0.25, 0.3) is 0 Å². The molecule has 0 saturated carbocycles. The number of fused-ring (bicyclic) bond motifs is 2. The molecule has 0 amide bonds. The van der Waals surface area contributed by atoms with E-state index in [1.807, 2.05) is 13.0 Å². The van der Waals surface area contributed by atoms with Gasteiger partial charge in [-0.1, -0.05) is 19.9 Å². The van der Waals surface area contributed by atoms with Crippen molar-refractivity contribution in [3.05, 3.63) is 47.9 Å². The summed E-state index contributed by atoms with van der Waals surface area (Å²) < 4.78 is 0. The second-order valence-corrected chi connectivity index (χ2v) is 7.40. The summed E-state index contributed by atoms with van der Waals surface area (Å²) in [4.78, 5) is 15.6. The van der Waals surface area contributed by atoms with Crippen molar-refractivity contribution >= 4 is 22.1 Å². The van der Waals surface area contributed by atoms with Crippen molar-refractivity contribution in [3.63, 3.8) is 0 Å². The van der Waals surface area contributed by atoms with Gasteiger partial charge in [-0.2, -0.15) is 0 Å². The molecule has 1 aromatic carbocycles. The maximum Gasteiger partial charge on any atom is 0.178 e. The fourth-order valence-electron chi connectivity index (χ4n) is 3.45. The first kappa shape index (κ1) is 17.7. The molecule has 3 heterocycles. The quantitative estimate of drug-likeness (QED) is 0.422. The molecule has 4 rings (SSSR count). The lowest BCUT2D eigenvalue weighted by Crippen LogP contribution is -2.36. The van der Waals surface area contributed by atoms with Crippen molar-refractivity contribution in [1.82, 2.24) is 25.3 Å². The number of aromatic amines is 2. The van der Waals surface area contributed by atoms with E-state index in [-0.39, 0.29) is 12.6 Å². The summed E-state index contributed by atoms with van der Waals surface area (Å²) in [6.45, 7) is 7.05. The van der Waals surface area contributed by atoms with Crippen LogP contribution in [0.4, 0.5) is 0 Å². The Morgan fingerprint density at radius 3 is 2.78 bits per heavy atom. The van der Waals surface area contributed by atoms with E-state index >= 15 is 0 Å². The van der Waals surface area contributed by atoms with Crippen LogP contribution in [0, 0.1) is 12.8 Å². The van der Waals surface area contributed by atoms with Crippen molar-refractivity contribution < 1.29 is 5.11 Å². The molecule has 4 aromatic rings. The smallest absolute Gasteiger partial charge is 0.178 e. The number of aromatic nitrogens is 4. The Hall–Kier alpha value is -2.70. The number of pyridine rings is 1. The van der Waals surface area contributed by atoms with Crippen molar-refractivity contribution in [2.75, 3.05) is 6.61 Å². The highest BCUT2D eigenvalue weighted by Gasteiger charge is 2.13. The van der Waals surface area contributed by atoms with Gasteiger partial charge in [0.15, 0.2) is 5.65 Å². The topological polar surface area (TPSA) is 89.6 Å². The molecule has 0 spiro atoms. The van der Waals surface area contributed by atoms with Gasteiger partial charge >= 0.3 is 0 Å². The van der Waals surface area contributed by atoms with Crippen LogP contribution in [0.25, 0.3) is 33.3 Å². The number of benzene rings is 1. The van der Waals surface area contributed by atoms with Crippen molar-refractivity contribution in [1.29, 1.82) is 0 Å². The summed E-state index contributed by atoms with van der Waals surface area (Å²) in [6, 6.07) is 10.7. The Kier molecular flexibility index (Phi) is 4.68. The zero-order valence-electron chi connectivity index (χ0n) is 15.9. The van der Waals surface area contributed by atoms with E-state index in [0.29, 0.717) is 5.92 Å². The van der Waals surface area contributed by atoms with E-state index in [1.165, 1.54) is 5.56 Å². The van der Waals surface area contributed by atoms with Crippen molar-refractivity contribution in [2.24, 2.45) is 5.92 Å². The Labute approximate surface area is 158 Å². The van der Waals surface area contributed by atoms with Gasteiger partial charge in [-0.25, -0.2) is 9.97 Å². The molecule has 0 aliphatic carbocycles. The molecule has 6 heteroatoms. The van der Waals surface area contributed by atoms with Crippen LogP contribution in [-0.4, -0.2) is 37.7 Å². The second-order valence-electron chi connectivity index (χ2n) is 7.40. The Balaban J connectivity index is 1.64. The minimum absolute atomic E-state index is 0.108. The fourth-order valence-corrected chi connectivity index (χ4v) is 3.45. The van der Waals surface area contributed by atoms with Crippen molar-refractivity contribution in [2.45, 2.75) is 33.4 Å². The summed E-state index contributed by atoms with van der Waals surface area (Å²) in [5.41, 5.74) is 6.09. The molecule has 0 radical (unpaired) electrons. The summed E-state index contributed by atoms with van der Waals surface area (Å²) in [6.07, 6.45) is 1.79. The Morgan fingerprint density at radius 2 is 2.00 bits per heavy atom. The van der Waals surface area contributed by atoms with Gasteiger partial charge < -0.3 is 20.4 Å². The predicted molar refractivity (Wildman–Crippen MR) is 108 cm³/mol. The molecule has 6 nitrogen and oxygen atoms in total. The van der Waals surface area contributed by atoms with E-state index in [1.54, 1.807) is 6.20 Å². The maximum atomic E-state index is 9.48. The third-order valence-electron chi connectivity index (χ3n) is 5.06. The van der Waals surface area contributed by atoms with Crippen LogP contribution >= 0.6 is 0 Å². The molecule has 0 aliphatic rings. The fraction of sp³-hybridized carbons (Fsp3) is 0.333. The normalized spacial score (nSPS) is 13.1. The van der Waals surface area contributed by atoms with Crippen LogP contribution in [0.3, 0.4) is 0 Å². The molecule has 140 valence electrons. The number of nitrogens with one attached hydrogen (secondary N) is 3. The zero-order chi connectivity index (χ0) is 19.0. The lowest BCUT2D eigenvalue weighted by molar-refractivity contribution is 0.210. The Bertz CT molecular complexity index is 1080. The first-order chi connectivity index (χ1) is 13.0. The molecule has 0 bridgehead atoms. The van der Waals surface area contributed by atoms with E-state index in [4.69, 9.17) is 0 Å². The van der Waals surface area contributed by atoms with Gasteiger partial charge in [-0.3, -0.25) is 0 Å². The second kappa shape index (κ2) is 7.13. The van der Waals surface area contributed by atoms with Gasteiger partial charge in [0, 0.05) is 40.9 Å². The molecule has 0 fully saturated rings. The third kappa shape index (κ3) is 3.46. The summed E-state index contributed by atoms with van der Waals surface area (Å²) >= 11 is 0. The largest absolute Gasteiger partial charge is 0.395 e. The number of aliphatic hydroxyl groups is 1. The lowest BCUT2D eigenvalue weighted by atomic mass is 10.0. The highest BCUT2D eigenvalue weighted by atomic mass is 16.3. The number of hydrogen-bond acceptors (Lipinski definition) is 4. The highest BCUT2D eigenvalue weighted by Crippen LogP contribution is 2.29. The molecule has 1 atom stereocenters. The van der Waals surface area contributed by atoms with Crippen molar-refractivity contribution in [3.8, 4) is 11.3 Å². The van der Waals surface area contributed by atoms with Crippen LogP contribution in [0.2, 0.25) is 0 Å². The number of hydrogen-bond donors (Lipinski definition) is 4. The first-order valence-corrected chi connectivity index (χ1v) is 9.32. The highest BCUT2D eigenvalue weighted by molar-refractivity contribution is 5.94. The minimum Gasteiger partial charge on any atom is -0.395 e. The average molecular weight is 363 g/mol. The first-order valence-electron chi connectivity index (χ1n) is 9.32. The SMILES string of the molecule is Cc1nc2nccc(-c3cc4cc(CN[C@@H](CO)C(C)C)ccc4[nH]3)c2[nH]1. The molecule has 0 aliphatic heterocycles. The minimum atomic E-state index is 0.108. The molecule has 0 saturated heterocycles. The van der Waals surface area contributed by atoms with Crippen LogP contribution in [-0.2, 0) is 6.54 Å². The summed E-state index contributed by atoms with van der Waals surface area (Å²) in [7, 11) is 0. The lowest BCUT2D eigenvalue weighted by Gasteiger charge is -2.19. The number of aryl methyl sites for hydroxylation is 1. The predicted octanol–water partition coefficient (Wildman–Crippen LogP) is 3.52. The molecule has 0 unspecified atom stereocenters. The molecule has 27 heavy (non-hydrogen) atoms. The van der Waals surface area contributed by atoms with E-state index < -0.39 is 0 Å². The number of imidazole rings is 1. The van der Waals surface area contributed by atoms with Crippen LogP contribution in [0.1, 0.15) is 25.2 Å². The third-order valence-corrected chi connectivity index (χ3v) is 5.06. The van der Waals surface area contributed by atoms with E-state index in [0.717, 1.165) is 45.7 Å². The van der Waals surface area contributed by atoms with Gasteiger partial charge in [-0.05, 0) is 42.7 Å². The number of rotatable bonds is 6. The van der Waals surface area contributed by atoms with Gasteiger partial charge in [0.2, 0.25) is 0 Å². The summed E-state index contributed by atoms with van der Waals surface area (Å²) in [5, 5.41) is 14.1. The van der Waals surface area contributed by atoms with Gasteiger partial charge in [0.1, 0.15) is 5.82 Å². The van der Waals surface area contributed by atoms with E-state index in [2.05, 4.69) is 63.4 Å². The van der Waals surface area contributed by atoms with Crippen LogP contribution in [0.5, 0.6) is 0 Å². The van der Waals surface area contributed by atoms with Gasteiger partial charge in [-0.15, -0.1) is 0 Å². The molecule has 3 aromatic heterocycles. The Morgan fingerprint density at radius 1 is 1.15 bits per heavy atom. The monoisotopic (exact) mass is 363 g/mol. The van der Waals surface area contributed by atoms with E-state index in [9.17, 15) is 5.11 Å². The van der Waals surface area contributed by atoms with Crippen LogP contribution < -0.4 is 5.32 Å². The number of nitrogens with zero attached hydrogens (tertiary/aromatic N) is 2. The van der Waals surface area contributed by atoms with Crippen LogP contribution in [0.15, 0.2) is 36.5 Å². The molecular formula is C21H25N5O. The summed E-state index contributed by atoms with van der Waals surface area (Å²) in [5.74, 6) is 1.25. The number of aliphatic hydroxyl groups excluding tert-OH is 1.